The molecule has 0 bridgehead atoms. The van der Waals surface area contributed by atoms with Gasteiger partial charge in [0.2, 0.25) is 0 Å². The quantitative estimate of drug-likeness (QED) is 0.240. The first kappa shape index (κ1) is 24.7. The summed E-state index contributed by atoms with van der Waals surface area (Å²) >= 11 is 0. The maximum Gasteiger partial charge on any atom is 0.191 e. The van der Waals surface area contributed by atoms with Crippen molar-refractivity contribution < 1.29 is 0 Å². The lowest BCUT2D eigenvalue weighted by atomic mass is 9.99. The summed E-state index contributed by atoms with van der Waals surface area (Å²) in [5, 5.41) is 11.4. The summed E-state index contributed by atoms with van der Waals surface area (Å²) in [6.45, 7) is 14.2. The lowest BCUT2D eigenvalue weighted by Crippen LogP contribution is -2.42. The SMILES string of the molecule is CCNC(=NCC(C)N1CCc2ccccc2C1)NCCCn1nc(C)cc1C.I. The van der Waals surface area contributed by atoms with Crippen LogP contribution in [0.3, 0.4) is 0 Å². The van der Waals surface area contributed by atoms with Crippen molar-refractivity contribution in [3.8, 4) is 0 Å². The molecule has 1 aromatic heterocycles. The zero-order valence-corrected chi connectivity index (χ0v) is 21.1. The summed E-state index contributed by atoms with van der Waals surface area (Å²) in [4.78, 5) is 7.38. The molecule has 2 heterocycles. The molecule has 0 amide bonds. The van der Waals surface area contributed by atoms with Gasteiger partial charge in [-0.15, -0.1) is 24.0 Å². The van der Waals surface area contributed by atoms with Gasteiger partial charge in [-0.3, -0.25) is 14.6 Å². The summed E-state index contributed by atoms with van der Waals surface area (Å²) in [5.74, 6) is 0.908. The molecular weight excluding hydrogens is 487 g/mol. The van der Waals surface area contributed by atoms with Crippen LogP contribution >= 0.6 is 24.0 Å². The first-order chi connectivity index (χ1) is 14.1. The molecule has 1 aromatic carbocycles. The summed E-state index contributed by atoms with van der Waals surface area (Å²) in [6, 6.07) is 11.4. The van der Waals surface area contributed by atoms with Crippen LogP contribution < -0.4 is 10.6 Å². The molecule has 7 heteroatoms. The Morgan fingerprint density at radius 1 is 1.20 bits per heavy atom. The number of aromatic nitrogens is 2. The molecule has 30 heavy (non-hydrogen) atoms. The van der Waals surface area contributed by atoms with E-state index in [0.717, 1.165) is 63.8 Å². The van der Waals surface area contributed by atoms with Crippen LogP contribution in [-0.2, 0) is 19.5 Å². The van der Waals surface area contributed by atoms with Gasteiger partial charge in [-0.2, -0.15) is 5.10 Å². The van der Waals surface area contributed by atoms with Crippen molar-refractivity contribution in [1.82, 2.24) is 25.3 Å². The minimum absolute atomic E-state index is 0. The molecule has 1 unspecified atom stereocenters. The standard InChI is InChI=1S/C23H36N6.HI/c1-5-24-23(25-12-8-13-29-19(3)15-18(2)27-29)26-16-20(4)28-14-11-21-9-6-7-10-22(21)17-28;/h6-7,9-10,15,20H,5,8,11-14,16-17H2,1-4H3,(H2,24,25,26);1H. The highest BCUT2D eigenvalue weighted by Gasteiger charge is 2.20. The zero-order chi connectivity index (χ0) is 20.6. The second kappa shape index (κ2) is 12.3. The van der Waals surface area contributed by atoms with Crippen molar-refractivity contribution in [2.24, 2.45) is 4.99 Å². The Kier molecular flexibility index (Phi) is 10.1. The van der Waals surface area contributed by atoms with Gasteiger partial charge >= 0.3 is 0 Å². The Hall–Kier alpha value is -1.61. The number of guanidine groups is 1. The number of aryl methyl sites for hydroxylation is 3. The third kappa shape index (κ3) is 6.97. The monoisotopic (exact) mass is 524 g/mol. The van der Waals surface area contributed by atoms with Gasteiger partial charge in [-0.25, -0.2) is 0 Å². The molecular formula is C23H37IN6. The van der Waals surface area contributed by atoms with Gasteiger partial charge in [-0.1, -0.05) is 24.3 Å². The van der Waals surface area contributed by atoms with E-state index in [4.69, 9.17) is 4.99 Å². The molecule has 166 valence electrons. The molecule has 0 fully saturated rings. The fourth-order valence-electron chi connectivity index (χ4n) is 3.91. The number of hydrogen-bond acceptors (Lipinski definition) is 3. The molecule has 0 aliphatic carbocycles. The number of nitrogens with zero attached hydrogens (tertiary/aromatic N) is 4. The lowest BCUT2D eigenvalue weighted by Gasteiger charge is -2.33. The first-order valence-corrected chi connectivity index (χ1v) is 10.9. The van der Waals surface area contributed by atoms with Gasteiger partial charge in [0.15, 0.2) is 5.96 Å². The van der Waals surface area contributed by atoms with Crippen molar-refractivity contribution >= 4 is 29.9 Å². The van der Waals surface area contributed by atoms with E-state index in [2.05, 4.69) is 76.4 Å². The van der Waals surface area contributed by atoms with Crippen LogP contribution in [0, 0.1) is 13.8 Å². The molecule has 1 aliphatic rings. The fourth-order valence-corrected chi connectivity index (χ4v) is 3.91. The van der Waals surface area contributed by atoms with Crippen LogP contribution in [0.1, 0.15) is 42.8 Å². The number of benzene rings is 1. The maximum absolute atomic E-state index is 4.84. The predicted octanol–water partition coefficient (Wildman–Crippen LogP) is 3.51. The number of nitrogens with one attached hydrogen (secondary N) is 2. The number of halogens is 1. The molecule has 1 atom stereocenters. The van der Waals surface area contributed by atoms with Crippen molar-refractivity contribution in [2.45, 2.75) is 59.7 Å². The van der Waals surface area contributed by atoms with Crippen LogP contribution in [-0.4, -0.2) is 52.9 Å². The highest BCUT2D eigenvalue weighted by Crippen LogP contribution is 2.20. The number of hydrogen-bond donors (Lipinski definition) is 2. The average Bonchev–Trinajstić information content (AvgIpc) is 3.05. The molecule has 0 radical (unpaired) electrons. The second-order valence-corrected chi connectivity index (χ2v) is 7.99. The number of fused-ring (bicyclic) bond motifs is 1. The van der Waals surface area contributed by atoms with E-state index < -0.39 is 0 Å². The minimum atomic E-state index is 0. The van der Waals surface area contributed by atoms with E-state index in [0.29, 0.717) is 6.04 Å². The summed E-state index contributed by atoms with van der Waals surface area (Å²) < 4.78 is 2.08. The largest absolute Gasteiger partial charge is 0.357 e. The second-order valence-electron chi connectivity index (χ2n) is 7.99. The van der Waals surface area contributed by atoms with E-state index in [1.807, 2.05) is 6.92 Å². The summed E-state index contributed by atoms with van der Waals surface area (Å²) in [6.07, 6.45) is 2.15. The minimum Gasteiger partial charge on any atom is -0.357 e. The van der Waals surface area contributed by atoms with Gasteiger partial charge in [0.25, 0.3) is 0 Å². The molecule has 1 aliphatic heterocycles. The Morgan fingerprint density at radius 2 is 1.97 bits per heavy atom. The Morgan fingerprint density at radius 3 is 2.67 bits per heavy atom. The third-order valence-electron chi connectivity index (χ3n) is 5.58. The van der Waals surface area contributed by atoms with E-state index in [-0.39, 0.29) is 24.0 Å². The molecule has 0 saturated carbocycles. The van der Waals surface area contributed by atoms with E-state index in [9.17, 15) is 0 Å². The van der Waals surface area contributed by atoms with Crippen molar-refractivity contribution in [3.63, 3.8) is 0 Å². The maximum atomic E-state index is 4.84. The average molecular weight is 524 g/mol. The molecule has 6 nitrogen and oxygen atoms in total. The van der Waals surface area contributed by atoms with E-state index >= 15 is 0 Å². The van der Waals surface area contributed by atoms with E-state index in [1.165, 1.54) is 16.8 Å². The number of aliphatic imine (C=N–C) groups is 1. The van der Waals surface area contributed by atoms with E-state index in [1.54, 1.807) is 0 Å². The fraction of sp³-hybridized carbons (Fsp3) is 0.565. The van der Waals surface area contributed by atoms with Crippen LogP contribution in [0.5, 0.6) is 0 Å². The van der Waals surface area contributed by atoms with Crippen LogP contribution in [0.4, 0.5) is 0 Å². The van der Waals surface area contributed by atoms with Crippen molar-refractivity contribution in [1.29, 1.82) is 0 Å². The van der Waals surface area contributed by atoms with Gasteiger partial charge in [-0.05, 0) is 57.7 Å². The van der Waals surface area contributed by atoms with Crippen LogP contribution in [0.25, 0.3) is 0 Å². The Bertz CT molecular complexity index is 816. The first-order valence-electron chi connectivity index (χ1n) is 10.9. The van der Waals surface area contributed by atoms with Gasteiger partial charge in [0.1, 0.15) is 0 Å². The number of rotatable bonds is 8. The topological polar surface area (TPSA) is 57.5 Å². The zero-order valence-electron chi connectivity index (χ0n) is 18.8. The molecule has 3 rings (SSSR count). The Balaban J connectivity index is 0.00000320. The Labute approximate surface area is 198 Å². The smallest absolute Gasteiger partial charge is 0.191 e. The lowest BCUT2D eigenvalue weighted by molar-refractivity contribution is 0.195. The molecule has 2 aromatic rings. The third-order valence-corrected chi connectivity index (χ3v) is 5.58. The highest BCUT2D eigenvalue weighted by atomic mass is 127. The van der Waals surface area contributed by atoms with Crippen LogP contribution in [0.2, 0.25) is 0 Å². The van der Waals surface area contributed by atoms with Gasteiger partial charge in [0, 0.05) is 44.5 Å². The van der Waals surface area contributed by atoms with Gasteiger partial charge in [0.05, 0.1) is 12.2 Å². The molecule has 0 saturated heterocycles. The molecule has 2 N–H and O–H groups in total. The normalized spacial score (nSPS) is 15.3. The highest BCUT2D eigenvalue weighted by molar-refractivity contribution is 14.0. The van der Waals surface area contributed by atoms with Crippen molar-refractivity contribution in [2.75, 3.05) is 26.2 Å². The van der Waals surface area contributed by atoms with Crippen LogP contribution in [0.15, 0.2) is 35.3 Å². The van der Waals surface area contributed by atoms with Crippen molar-refractivity contribution in [3.05, 3.63) is 52.8 Å². The molecule has 0 spiro atoms. The summed E-state index contributed by atoms with van der Waals surface area (Å²) in [7, 11) is 0. The predicted molar refractivity (Wildman–Crippen MR) is 136 cm³/mol. The van der Waals surface area contributed by atoms with Gasteiger partial charge < -0.3 is 10.6 Å². The summed E-state index contributed by atoms with van der Waals surface area (Å²) in [5.41, 5.74) is 5.26.